The summed E-state index contributed by atoms with van der Waals surface area (Å²) in [5.74, 6) is -0.314. The number of alkyl halides is 3. The molecule has 1 aromatic heterocycles. The smallest absolute Gasteiger partial charge is 0.418 e. The number of halogens is 3. The van der Waals surface area contributed by atoms with Crippen LogP contribution >= 0.6 is 23.1 Å². The van der Waals surface area contributed by atoms with Crippen LogP contribution < -0.4 is 5.32 Å². The molecule has 0 bridgehead atoms. The molecular formula is C13H12F3N3O2S2. The molecular weight excluding hydrogens is 351 g/mol. The quantitative estimate of drug-likeness (QED) is 0.619. The lowest BCUT2D eigenvalue weighted by molar-refractivity contribution is -0.140. The molecule has 0 saturated heterocycles. The predicted molar refractivity (Wildman–Crippen MR) is 82.0 cm³/mol. The largest absolute Gasteiger partial charge is 0.465 e. The van der Waals surface area contributed by atoms with Crippen LogP contribution in [-0.4, -0.2) is 28.5 Å². The van der Waals surface area contributed by atoms with E-state index in [2.05, 4.69) is 15.5 Å². The lowest BCUT2D eigenvalue weighted by Gasteiger charge is -2.12. The number of rotatable bonds is 6. The zero-order valence-corrected chi connectivity index (χ0v) is 13.5. The summed E-state index contributed by atoms with van der Waals surface area (Å²) in [7, 11) is 0. The average Bonchev–Trinajstić information content (AvgIpc) is 2.92. The number of hydrogen-bond acceptors (Lipinski definition) is 7. The highest BCUT2D eigenvalue weighted by Crippen LogP contribution is 2.36. The molecule has 0 fully saturated rings. The van der Waals surface area contributed by atoms with Gasteiger partial charge in [-0.1, -0.05) is 35.2 Å². The minimum absolute atomic E-state index is 0.0710. The molecule has 1 aromatic carbocycles. The number of carbonyl (C=O) groups is 1. The third-order valence-corrected chi connectivity index (χ3v) is 4.44. The van der Waals surface area contributed by atoms with E-state index >= 15 is 0 Å². The van der Waals surface area contributed by atoms with E-state index in [9.17, 15) is 18.0 Å². The number of nitrogens with one attached hydrogen (secondary N) is 1. The highest BCUT2D eigenvalue weighted by atomic mass is 32.2. The van der Waals surface area contributed by atoms with E-state index in [1.807, 2.05) is 0 Å². The molecule has 0 unspecified atom stereocenters. The Hall–Kier alpha value is -1.81. The summed E-state index contributed by atoms with van der Waals surface area (Å²) in [6.45, 7) is 1.99. The Bertz CT molecular complexity index is 676. The lowest BCUT2D eigenvalue weighted by atomic mass is 10.2. The van der Waals surface area contributed by atoms with Crippen LogP contribution in [0, 0.1) is 0 Å². The van der Waals surface area contributed by atoms with Crippen molar-refractivity contribution in [1.82, 2.24) is 10.2 Å². The van der Waals surface area contributed by atoms with Gasteiger partial charge in [-0.05, 0) is 19.1 Å². The van der Waals surface area contributed by atoms with E-state index in [1.54, 1.807) is 6.92 Å². The van der Waals surface area contributed by atoms with Crippen molar-refractivity contribution in [3.8, 4) is 0 Å². The maximum atomic E-state index is 12.9. The van der Waals surface area contributed by atoms with Gasteiger partial charge in [0.2, 0.25) is 5.13 Å². The highest BCUT2D eigenvalue weighted by molar-refractivity contribution is 8.01. The van der Waals surface area contributed by atoms with Gasteiger partial charge in [0, 0.05) is 0 Å². The molecule has 2 aromatic rings. The fraction of sp³-hybridized carbons (Fsp3) is 0.308. The highest BCUT2D eigenvalue weighted by Gasteiger charge is 2.33. The van der Waals surface area contributed by atoms with Crippen LogP contribution in [0.3, 0.4) is 0 Å². The van der Waals surface area contributed by atoms with E-state index in [-0.39, 0.29) is 29.1 Å². The monoisotopic (exact) mass is 363 g/mol. The summed E-state index contributed by atoms with van der Waals surface area (Å²) in [5.41, 5.74) is -0.881. The zero-order chi connectivity index (χ0) is 16.9. The van der Waals surface area contributed by atoms with Gasteiger partial charge in [-0.15, -0.1) is 10.2 Å². The number of hydrogen-bond donors (Lipinski definition) is 1. The molecule has 0 atom stereocenters. The van der Waals surface area contributed by atoms with Crippen molar-refractivity contribution in [3.63, 3.8) is 0 Å². The van der Waals surface area contributed by atoms with Gasteiger partial charge in [0.15, 0.2) is 4.34 Å². The Balaban J connectivity index is 2.04. The molecule has 5 nitrogen and oxygen atoms in total. The van der Waals surface area contributed by atoms with Crippen molar-refractivity contribution >= 4 is 39.9 Å². The molecule has 0 aliphatic rings. The Morgan fingerprint density at radius 3 is 2.78 bits per heavy atom. The first-order valence-electron chi connectivity index (χ1n) is 6.45. The summed E-state index contributed by atoms with van der Waals surface area (Å²) in [5, 5.41) is 10.4. The summed E-state index contributed by atoms with van der Waals surface area (Å²) in [6.07, 6.45) is -4.46. The second kappa shape index (κ2) is 7.64. The minimum atomic E-state index is -4.46. The number of aromatic nitrogens is 2. The predicted octanol–water partition coefficient (Wildman–Crippen LogP) is 3.96. The summed E-state index contributed by atoms with van der Waals surface area (Å²) in [6, 6.07) is 5.11. The summed E-state index contributed by atoms with van der Waals surface area (Å²) < 4.78 is 44.0. The second-order valence-corrected chi connectivity index (χ2v) is 6.34. The maximum Gasteiger partial charge on any atom is 0.418 e. The minimum Gasteiger partial charge on any atom is -0.465 e. The van der Waals surface area contributed by atoms with Crippen molar-refractivity contribution in [2.75, 3.05) is 17.7 Å². The molecule has 0 radical (unpaired) electrons. The topological polar surface area (TPSA) is 64.1 Å². The van der Waals surface area contributed by atoms with Gasteiger partial charge in [-0.25, -0.2) is 0 Å². The molecule has 0 spiro atoms. The zero-order valence-electron chi connectivity index (χ0n) is 11.9. The van der Waals surface area contributed by atoms with Gasteiger partial charge >= 0.3 is 12.1 Å². The molecule has 0 amide bonds. The summed E-state index contributed by atoms with van der Waals surface area (Å²) in [4.78, 5) is 11.2. The van der Waals surface area contributed by atoms with Crippen molar-refractivity contribution in [3.05, 3.63) is 29.8 Å². The van der Waals surface area contributed by atoms with Gasteiger partial charge < -0.3 is 10.1 Å². The van der Waals surface area contributed by atoms with Crippen LogP contribution in [0.2, 0.25) is 0 Å². The van der Waals surface area contributed by atoms with Gasteiger partial charge in [0.1, 0.15) is 0 Å². The molecule has 23 heavy (non-hydrogen) atoms. The maximum absolute atomic E-state index is 12.9. The Labute approximate surface area is 138 Å². The number of nitrogens with zero attached hydrogens (tertiary/aromatic N) is 2. The van der Waals surface area contributed by atoms with Crippen molar-refractivity contribution in [2.24, 2.45) is 0 Å². The fourth-order valence-electron chi connectivity index (χ4n) is 1.60. The number of para-hydroxylation sites is 1. The van der Waals surface area contributed by atoms with Gasteiger partial charge in [0.05, 0.1) is 23.6 Å². The second-order valence-electron chi connectivity index (χ2n) is 4.14. The molecule has 2 rings (SSSR count). The molecule has 10 heteroatoms. The van der Waals surface area contributed by atoms with E-state index in [1.165, 1.54) is 18.2 Å². The molecule has 1 N–H and O–H groups in total. The SMILES string of the molecule is CCOC(=O)CSc1nnc(Nc2ccccc2C(F)(F)F)s1. The average molecular weight is 363 g/mol. The number of ether oxygens (including phenoxy) is 1. The Morgan fingerprint density at radius 1 is 1.35 bits per heavy atom. The van der Waals surface area contributed by atoms with Crippen molar-refractivity contribution < 1.29 is 22.7 Å². The van der Waals surface area contributed by atoms with Gasteiger partial charge in [-0.3, -0.25) is 4.79 Å². The summed E-state index contributed by atoms with van der Waals surface area (Å²) >= 11 is 2.18. The first-order valence-corrected chi connectivity index (χ1v) is 8.25. The normalized spacial score (nSPS) is 11.3. The third-order valence-electron chi connectivity index (χ3n) is 2.50. The first kappa shape index (κ1) is 17.5. The number of carbonyl (C=O) groups excluding carboxylic acids is 1. The van der Waals surface area contributed by atoms with Crippen molar-refractivity contribution in [1.29, 1.82) is 0 Å². The number of anilines is 2. The number of benzene rings is 1. The third kappa shape index (κ3) is 5.10. The fourth-order valence-corrected chi connectivity index (χ4v) is 3.16. The van der Waals surface area contributed by atoms with Gasteiger partial charge in [-0.2, -0.15) is 13.2 Å². The lowest BCUT2D eigenvalue weighted by Crippen LogP contribution is -2.08. The standard InChI is InChI=1S/C13H12F3N3O2S2/c1-2-21-10(20)7-22-12-19-18-11(23-12)17-9-6-4-3-5-8(9)13(14,15)16/h3-6H,2,7H2,1H3,(H,17,18). The van der Waals surface area contributed by atoms with Gasteiger partial charge in [0.25, 0.3) is 0 Å². The van der Waals surface area contributed by atoms with E-state index in [4.69, 9.17) is 4.74 Å². The van der Waals surface area contributed by atoms with E-state index in [0.29, 0.717) is 4.34 Å². The molecule has 0 aliphatic heterocycles. The van der Waals surface area contributed by atoms with Crippen LogP contribution in [0.4, 0.5) is 24.0 Å². The molecule has 124 valence electrons. The number of thioether (sulfide) groups is 1. The molecule has 0 saturated carbocycles. The van der Waals surface area contributed by atoms with E-state index in [0.717, 1.165) is 29.2 Å². The Kier molecular flexibility index (Phi) is 5.83. The first-order chi connectivity index (χ1) is 10.9. The van der Waals surface area contributed by atoms with Crippen LogP contribution in [0.5, 0.6) is 0 Å². The van der Waals surface area contributed by atoms with Crippen LogP contribution in [0.1, 0.15) is 12.5 Å². The van der Waals surface area contributed by atoms with Crippen LogP contribution in [-0.2, 0) is 15.7 Å². The molecule has 1 heterocycles. The molecule has 0 aliphatic carbocycles. The van der Waals surface area contributed by atoms with Crippen LogP contribution in [0.25, 0.3) is 0 Å². The Morgan fingerprint density at radius 2 is 2.09 bits per heavy atom. The number of esters is 1. The van der Waals surface area contributed by atoms with E-state index < -0.39 is 11.7 Å². The van der Waals surface area contributed by atoms with Crippen LogP contribution in [0.15, 0.2) is 28.6 Å². The van der Waals surface area contributed by atoms with Crippen molar-refractivity contribution in [2.45, 2.75) is 17.4 Å².